The summed E-state index contributed by atoms with van der Waals surface area (Å²) in [5, 5.41) is 0. The number of methoxy groups -OCH3 is 1. The second-order valence-corrected chi connectivity index (χ2v) is 5.88. The smallest absolute Gasteiger partial charge is 0.322 e. The molecule has 16 heavy (non-hydrogen) atoms. The van der Waals surface area contributed by atoms with Gasteiger partial charge in [-0.2, -0.15) is 4.31 Å². The second-order valence-electron chi connectivity index (χ2n) is 3.90. The molecule has 0 aromatic rings. The molecule has 0 N–H and O–H groups in total. The fourth-order valence-electron chi connectivity index (χ4n) is 1.74. The Balaban J connectivity index is 2.52. The molecule has 1 atom stereocenters. The third-order valence-electron chi connectivity index (χ3n) is 2.83. The van der Waals surface area contributed by atoms with E-state index in [1.54, 1.807) is 6.92 Å². The summed E-state index contributed by atoms with van der Waals surface area (Å²) in [6, 6.07) is -0.313. The third-order valence-corrected chi connectivity index (χ3v) is 4.14. The number of esters is 1. The molecule has 6 nitrogen and oxygen atoms in total. The van der Waals surface area contributed by atoms with Crippen LogP contribution in [0.3, 0.4) is 0 Å². The van der Waals surface area contributed by atoms with E-state index in [4.69, 9.17) is 0 Å². The fraction of sp³-hybridized carbons (Fsp3) is 0.889. The minimum absolute atomic E-state index is 0.284. The van der Waals surface area contributed by atoms with Crippen molar-refractivity contribution in [2.45, 2.75) is 13.0 Å². The van der Waals surface area contributed by atoms with Gasteiger partial charge in [0.05, 0.1) is 13.4 Å². The van der Waals surface area contributed by atoms with Gasteiger partial charge in [-0.3, -0.25) is 9.69 Å². The predicted octanol–water partition coefficient (Wildman–Crippen LogP) is -0.875. The first-order valence-electron chi connectivity index (χ1n) is 5.13. The van der Waals surface area contributed by atoms with E-state index in [0.717, 1.165) is 0 Å². The van der Waals surface area contributed by atoms with Gasteiger partial charge >= 0.3 is 5.97 Å². The van der Waals surface area contributed by atoms with Gasteiger partial charge in [0.15, 0.2) is 0 Å². The normalized spacial score (nSPS) is 21.7. The molecule has 0 aliphatic carbocycles. The number of hydrogen-bond acceptors (Lipinski definition) is 5. The van der Waals surface area contributed by atoms with Gasteiger partial charge in [-0.15, -0.1) is 0 Å². The molecule has 1 saturated heterocycles. The molecule has 0 bridgehead atoms. The van der Waals surface area contributed by atoms with Crippen LogP contribution in [0.25, 0.3) is 0 Å². The first-order valence-corrected chi connectivity index (χ1v) is 6.98. The van der Waals surface area contributed by atoms with E-state index < -0.39 is 10.0 Å². The maximum absolute atomic E-state index is 11.3. The zero-order valence-electron chi connectivity index (χ0n) is 9.84. The van der Waals surface area contributed by atoms with Crippen molar-refractivity contribution in [1.29, 1.82) is 0 Å². The lowest BCUT2D eigenvalue weighted by molar-refractivity contribution is -0.146. The lowest BCUT2D eigenvalue weighted by Crippen LogP contribution is -2.53. The van der Waals surface area contributed by atoms with Gasteiger partial charge in [-0.1, -0.05) is 0 Å². The maximum atomic E-state index is 11.3. The average Bonchev–Trinajstić information content (AvgIpc) is 2.26. The van der Waals surface area contributed by atoms with Crippen molar-refractivity contribution in [3.63, 3.8) is 0 Å². The van der Waals surface area contributed by atoms with E-state index >= 15 is 0 Å². The molecular weight excluding hydrogens is 232 g/mol. The highest BCUT2D eigenvalue weighted by atomic mass is 32.2. The van der Waals surface area contributed by atoms with Gasteiger partial charge in [0.25, 0.3) is 0 Å². The maximum Gasteiger partial charge on any atom is 0.322 e. The Bertz CT molecular complexity index is 347. The van der Waals surface area contributed by atoms with Crippen LogP contribution in [-0.2, 0) is 19.6 Å². The molecule has 1 aliphatic rings. The molecule has 94 valence electrons. The third kappa shape index (κ3) is 3.16. The summed E-state index contributed by atoms with van der Waals surface area (Å²) in [7, 11) is -1.76. The Hall–Kier alpha value is -0.660. The van der Waals surface area contributed by atoms with Crippen LogP contribution in [0.2, 0.25) is 0 Å². The minimum Gasteiger partial charge on any atom is -0.468 e. The highest BCUT2D eigenvalue weighted by molar-refractivity contribution is 7.88. The van der Waals surface area contributed by atoms with E-state index in [-0.39, 0.29) is 12.0 Å². The highest BCUT2D eigenvalue weighted by Crippen LogP contribution is 2.09. The highest BCUT2D eigenvalue weighted by Gasteiger charge is 2.28. The van der Waals surface area contributed by atoms with Gasteiger partial charge in [-0.25, -0.2) is 8.42 Å². The SMILES string of the molecule is COC(=O)[C@H](C)N1CCN(S(C)(=O)=O)CC1. The minimum atomic E-state index is -3.11. The summed E-state index contributed by atoms with van der Waals surface area (Å²) in [6.45, 7) is 3.74. The molecule has 0 unspecified atom stereocenters. The summed E-state index contributed by atoms with van der Waals surface area (Å²) < 4.78 is 28.6. The van der Waals surface area contributed by atoms with Crippen LogP contribution in [0.4, 0.5) is 0 Å². The van der Waals surface area contributed by atoms with Gasteiger partial charge in [-0.05, 0) is 6.92 Å². The van der Waals surface area contributed by atoms with Gasteiger partial charge < -0.3 is 4.74 Å². The zero-order valence-corrected chi connectivity index (χ0v) is 10.7. The molecule has 0 aromatic carbocycles. The number of carbonyl (C=O) groups excluding carboxylic acids is 1. The topological polar surface area (TPSA) is 66.9 Å². The van der Waals surface area contributed by atoms with Crippen LogP contribution < -0.4 is 0 Å². The summed E-state index contributed by atoms with van der Waals surface area (Å²) in [5.74, 6) is -0.284. The number of rotatable bonds is 3. The molecular formula is C9H18N2O4S. The quantitative estimate of drug-likeness (QED) is 0.609. The molecule has 7 heteroatoms. The molecule has 0 amide bonds. The zero-order chi connectivity index (χ0) is 12.3. The van der Waals surface area contributed by atoms with Crippen molar-refractivity contribution in [3.8, 4) is 0 Å². The molecule has 0 radical (unpaired) electrons. The van der Waals surface area contributed by atoms with Gasteiger partial charge in [0, 0.05) is 26.2 Å². The molecule has 1 rings (SSSR count). The molecule has 0 aromatic heterocycles. The molecule has 1 heterocycles. The van der Waals surface area contributed by atoms with Crippen LogP contribution in [0.15, 0.2) is 0 Å². The molecule has 0 saturated carbocycles. The standard InChI is InChI=1S/C9H18N2O4S/c1-8(9(12)15-2)10-4-6-11(7-5-10)16(3,13)14/h8H,4-7H2,1-3H3/t8-/m0/s1. The molecule has 0 spiro atoms. The number of ether oxygens (including phenoxy) is 1. The first-order chi connectivity index (χ1) is 7.36. The lowest BCUT2D eigenvalue weighted by atomic mass is 10.2. The summed E-state index contributed by atoms with van der Waals surface area (Å²) in [5.41, 5.74) is 0. The van der Waals surface area contributed by atoms with Crippen LogP contribution in [0.1, 0.15) is 6.92 Å². The number of piperazine rings is 1. The lowest BCUT2D eigenvalue weighted by Gasteiger charge is -2.35. The Kier molecular flexibility index (Phi) is 4.28. The van der Waals surface area contributed by atoms with Crippen molar-refractivity contribution in [2.75, 3.05) is 39.5 Å². The van der Waals surface area contributed by atoms with Gasteiger partial charge in [0.1, 0.15) is 6.04 Å². The Morgan fingerprint density at radius 1 is 1.25 bits per heavy atom. The largest absolute Gasteiger partial charge is 0.468 e. The van der Waals surface area contributed by atoms with E-state index in [2.05, 4.69) is 4.74 Å². The van der Waals surface area contributed by atoms with E-state index in [9.17, 15) is 13.2 Å². The van der Waals surface area contributed by atoms with E-state index in [1.165, 1.54) is 17.7 Å². The predicted molar refractivity (Wildman–Crippen MR) is 59.5 cm³/mol. The number of sulfonamides is 1. The summed E-state index contributed by atoms with van der Waals surface area (Å²) in [4.78, 5) is 13.2. The van der Waals surface area contributed by atoms with Crippen LogP contribution in [0.5, 0.6) is 0 Å². The Labute approximate surface area is 96.2 Å². The van der Waals surface area contributed by atoms with E-state index in [1.807, 2.05) is 4.90 Å². The van der Waals surface area contributed by atoms with Crippen molar-refractivity contribution in [1.82, 2.24) is 9.21 Å². The first kappa shape index (κ1) is 13.4. The molecule has 1 fully saturated rings. The van der Waals surface area contributed by atoms with E-state index in [0.29, 0.717) is 26.2 Å². The van der Waals surface area contributed by atoms with Crippen molar-refractivity contribution in [3.05, 3.63) is 0 Å². The monoisotopic (exact) mass is 250 g/mol. The summed E-state index contributed by atoms with van der Waals surface area (Å²) >= 11 is 0. The summed E-state index contributed by atoms with van der Waals surface area (Å²) in [6.07, 6.45) is 1.20. The second kappa shape index (κ2) is 5.11. The Morgan fingerprint density at radius 3 is 2.12 bits per heavy atom. The average molecular weight is 250 g/mol. The fourth-order valence-corrected chi connectivity index (χ4v) is 2.57. The Morgan fingerprint density at radius 2 is 1.75 bits per heavy atom. The number of hydrogen-bond donors (Lipinski definition) is 0. The van der Waals surface area contributed by atoms with Crippen molar-refractivity contribution >= 4 is 16.0 Å². The number of carbonyl (C=O) groups is 1. The molecule has 1 aliphatic heterocycles. The number of nitrogens with zero attached hydrogens (tertiary/aromatic N) is 2. The van der Waals surface area contributed by atoms with Gasteiger partial charge in [0.2, 0.25) is 10.0 Å². The van der Waals surface area contributed by atoms with Crippen LogP contribution in [-0.4, -0.2) is 69.2 Å². The van der Waals surface area contributed by atoms with Crippen LogP contribution >= 0.6 is 0 Å². The van der Waals surface area contributed by atoms with Crippen LogP contribution in [0, 0.1) is 0 Å². The van der Waals surface area contributed by atoms with Crippen molar-refractivity contribution in [2.24, 2.45) is 0 Å². The van der Waals surface area contributed by atoms with Crippen molar-refractivity contribution < 1.29 is 17.9 Å².